The zero-order chi connectivity index (χ0) is 12.1. The molecule has 0 bridgehead atoms. The Bertz CT molecular complexity index is 480. The van der Waals surface area contributed by atoms with Gasteiger partial charge in [0.15, 0.2) is 0 Å². The summed E-state index contributed by atoms with van der Waals surface area (Å²) in [5, 5.41) is 9.31. The summed E-state index contributed by atoms with van der Waals surface area (Å²) in [5.74, 6) is 1.05. The molecule has 0 aromatic heterocycles. The Morgan fingerprint density at radius 1 is 1.00 bits per heavy atom. The van der Waals surface area contributed by atoms with E-state index in [1.807, 2.05) is 30.3 Å². The van der Waals surface area contributed by atoms with Crippen LogP contribution in [0, 0.1) is 0 Å². The second-order valence-corrected chi connectivity index (χ2v) is 3.81. The van der Waals surface area contributed by atoms with Crippen LogP contribution in [0.5, 0.6) is 11.5 Å². The third-order valence-corrected chi connectivity index (χ3v) is 2.48. The maximum atomic E-state index is 9.31. The first-order valence-electron chi connectivity index (χ1n) is 5.47. The molecule has 3 heteroatoms. The van der Waals surface area contributed by atoms with E-state index in [9.17, 15) is 5.11 Å². The Morgan fingerprint density at radius 2 is 1.76 bits per heavy atom. The van der Waals surface area contributed by atoms with Crippen LogP contribution >= 0.6 is 0 Å². The van der Waals surface area contributed by atoms with Crippen molar-refractivity contribution in [3.8, 4) is 11.5 Å². The Morgan fingerprint density at radius 3 is 2.41 bits per heavy atom. The molecule has 2 rings (SSSR count). The van der Waals surface area contributed by atoms with Crippen molar-refractivity contribution in [2.24, 2.45) is 5.73 Å². The largest absolute Gasteiger partial charge is 0.508 e. The van der Waals surface area contributed by atoms with E-state index in [-0.39, 0.29) is 5.75 Å². The lowest BCUT2D eigenvalue weighted by Crippen LogP contribution is -1.97. The van der Waals surface area contributed by atoms with Crippen molar-refractivity contribution in [2.45, 2.75) is 13.2 Å². The monoisotopic (exact) mass is 229 g/mol. The number of phenolic OH excluding ortho intramolecular Hbond substituents is 1. The highest BCUT2D eigenvalue weighted by Crippen LogP contribution is 2.16. The highest BCUT2D eigenvalue weighted by atomic mass is 16.5. The maximum absolute atomic E-state index is 9.31. The highest BCUT2D eigenvalue weighted by molar-refractivity contribution is 5.29. The lowest BCUT2D eigenvalue weighted by molar-refractivity contribution is 0.305. The van der Waals surface area contributed by atoms with Gasteiger partial charge in [0.2, 0.25) is 0 Å². The first kappa shape index (κ1) is 11.5. The van der Waals surface area contributed by atoms with Crippen LogP contribution in [0.1, 0.15) is 11.1 Å². The normalized spacial score (nSPS) is 10.2. The fourth-order valence-electron chi connectivity index (χ4n) is 1.53. The zero-order valence-corrected chi connectivity index (χ0v) is 9.47. The van der Waals surface area contributed by atoms with Crippen molar-refractivity contribution in [2.75, 3.05) is 0 Å². The predicted molar refractivity (Wildman–Crippen MR) is 66.8 cm³/mol. The Balaban J connectivity index is 1.97. The quantitative estimate of drug-likeness (QED) is 0.846. The molecule has 0 saturated heterocycles. The Kier molecular flexibility index (Phi) is 3.62. The number of hydrogen-bond donors (Lipinski definition) is 2. The molecule has 0 fully saturated rings. The van der Waals surface area contributed by atoms with Crippen molar-refractivity contribution >= 4 is 0 Å². The van der Waals surface area contributed by atoms with Gasteiger partial charge in [-0.25, -0.2) is 0 Å². The van der Waals surface area contributed by atoms with E-state index >= 15 is 0 Å². The zero-order valence-electron chi connectivity index (χ0n) is 9.47. The average molecular weight is 229 g/mol. The van der Waals surface area contributed by atoms with E-state index < -0.39 is 0 Å². The number of hydrogen-bond acceptors (Lipinski definition) is 3. The minimum absolute atomic E-state index is 0.254. The lowest BCUT2D eigenvalue weighted by atomic mass is 10.2. The molecule has 0 heterocycles. The summed E-state index contributed by atoms with van der Waals surface area (Å²) >= 11 is 0. The van der Waals surface area contributed by atoms with Crippen molar-refractivity contribution in [3.63, 3.8) is 0 Å². The molecule has 0 amide bonds. The number of rotatable bonds is 4. The van der Waals surface area contributed by atoms with Gasteiger partial charge in [-0.05, 0) is 35.4 Å². The molecule has 3 nitrogen and oxygen atoms in total. The summed E-state index contributed by atoms with van der Waals surface area (Å²) in [4.78, 5) is 0. The van der Waals surface area contributed by atoms with E-state index in [2.05, 4.69) is 0 Å². The summed E-state index contributed by atoms with van der Waals surface area (Å²) in [6, 6.07) is 14.7. The maximum Gasteiger partial charge on any atom is 0.119 e. The van der Waals surface area contributed by atoms with E-state index in [1.165, 1.54) is 0 Å². The molecular formula is C14H15NO2. The molecule has 0 atom stereocenters. The molecule has 0 saturated carbocycles. The molecule has 2 aromatic rings. The molecule has 17 heavy (non-hydrogen) atoms. The molecule has 0 aliphatic rings. The fourth-order valence-corrected chi connectivity index (χ4v) is 1.53. The number of benzene rings is 2. The van der Waals surface area contributed by atoms with Crippen LogP contribution in [0.15, 0.2) is 48.5 Å². The summed E-state index contributed by atoms with van der Waals surface area (Å²) in [5.41, 5.74) is 7.53. The van der Waals surface area contributed by atoms with Gasteiger partial charge >= 0.3 is 0 Å². The van der Waals surface area contributed by atoms with E-state index in [0.717, 1.165) is 16.9 Å². The molecule has 0 unspecified atom stereocenters. The molecule has 0 spiro atoms. The summed E-state index contributed by atoms with van der Waals surface area (Å²) in [6.07, 6.45) is 0. The second kappa shape index (κ2) is 5.37. The topological polar surface area (TPSA) is 55.5 Å². The van der Waals surface area contributed by atoms with Gasteiger partial charge in [0.05, 0.1) is 0 Å². The first-order valence-corrected chi connectivity index (χ1v) is 5.47. The Labute approximate surface area is 100 Å². The highest BCUT2D eigenvalue weighted by Gasteiger charge is 1.97. The summed E-state index contributed by atoms with van der Waals surface area (Å²) in [6.45, 7) is 0.975. The van der Waals surface area contributed by atoms with Gasteiger partial charge in [0.1, 0.15) is 18.1 Å². The Hall–Kier alpha value is -2.00. The third kappa shape index (κ3) is 3.23. The number of nitrogens with two attached hydrogens (primary N) is 1. The van der Waals surface area contributed by atoms with Crippen LogP contribution in [-0.2, 0) is 13.2 Å². The number of phenols is 1. The standard InChI is InChI=1S/C14H15NO2/c15-9-11-4-6-14(7-5-11)17-10-12-2-1-3-13(16)8-12/h1-8,16H,9-10,15H2. The third-order valence-electron chi connectivity index (χ3n) is 2.48. The van der Waals surface area contributed by atoms with Gasteiger partial charge in [0.25, 0.3) is 0 Å². The van der Waals surface area contributed by atoms with Crippen molar-refractivity contribution in [1.82, 2.24) is 0 Å². The fraction of sp³-hybridized carbons (Fsp3) is 0.143. The first-order chi connectivity index (χ1) is 8.28. The van der Waals surface area contributed by atoms with Gasteiger partial charge in [-0.2, -0.15) is 0 Å². The molecule has 0 aliphatic heterocycles. The molecule has 3 N–H and O–H groups in total. The predicted octanol–water partition coefficient (Wildman–Crippen LogP) is 2.43. The molecular weight excluding hydrogens is 214 g/mol. The van der Waals surface area contributed by atoms with Gasteiger partial charge in [0, 0.05) is 6.54 Å². The molecule has 88 valence electrons. The van der Waals surface area contributed by atoms with Gasteiger partial charge in [-0.15, -0.1) is 0 Å². The smallest absolute Gasteiger partial charge is 0.119 e. The molecule has 2 aromatic carbocycles. The van der Waals surface area contributed by atoms with Gasteiger partial charge in [-0.3, -0.25) is 0 Å². The summed E-state index contributed by atoms with van der Waals surface area (Å²) < 4.78 is 5.59. The van der Waals surface area contributed by atoms with Crippen molar-refractivity contribution < 1.29 is 9.84 Å². The molecule has 0 aliphatic carbocycles. The van der Waals surface area contributed by atoms with E-state index in [0.29, 0.717) is 13.2 Å². The SMILES string of the molecule is NCc1ccc(OCc2cccc(O)c2)cc1. The lowest BCUT2D eigenvalue weighted by Gasteiger charge is -2.07. The average Bonchev–Trinajstić information content (AvgIpc) is 2.37. The van der Waals surface area contributed by atoms with E-state index in [4.69, 9.17) is 10.5 Å². The second-order valence-electron chi connectivity index (χ2n) is 3.81. The van der Waals surface area contributed by atoms with E-state index in [1.54, 1.807) is 18.2 Å². The van der Waals surface area contributed by atoms with Gasteiger partial charge < -0.3 is 15.6 Å². The number of ether oxygens (including phenoxy) is 1. The van der Waals surface area contributed by atoms with Crippen molar-refractivity contribution in [1.29, 1.82) is 0 Å². The van der Waals surface area contributed by atoms with Crippen LogP contribution in [0.2, 0.25) is 0 Å². The van der Waals surface area contributed by atoms with Gasteiger partial charge in [-0.1, -0.05) is 24.3 Å². The number of aromatic hydroxyl groups is 1. The minimum Gasteiger partial charge on any atom is -0.508 e. The van der Waals surface area contributed by atoms with Crippen LogP contribution < -0.4 is 10.5 Å². The van der Waals surface area contributed by atoms with Crippen LogP contribution in [0.25, 0.3) is 0 Å². The summed E-state index contributed by atoms with van der Waals surface area (Å²) in [7, 11) is 0. The molecule has 0 radical (unpaired) electrons. The minimum atomic E-state index is 0.254. The van der Waals surface area contributed by atoms with Crippen LogP contribution in [0.3, 0.4) is 0 Å². The van der Waals surface area contributed by atoms with Crippen LogP contribution in [0.4, 0.5) is 0 Å². The van der Waals surface area contributed by atoms with Crippen LogP contribution in [-0.4, -0.2) is 5.11 Å². The van der Waals surface area contributed by atoms with Crippen molar-refractivity contribution in [3.05, 3.63) is 59.7 Å².